The second-order valence-electron chi connectivity index (χ2n) is 6.20. The largest absolute Gasteiger partial charge is 0.492 e. The molecular formula is C19H21ClN2O4S. The minimum Gasteiger partial charge on any atom is -0.492 e. The van der Waals surface area contributed by atoms with E-state index in [0.717, 1.165) is 12.8 Å². The van der Waals surface area contributed by atoms with Gasteiger partial charge in [0.15, 0.2) is 0 Å². The number of amides is 1. The second kappa shape index (κ2) is 8.73. The average Bonchev–Trinajstić information content (AvgIpc) is 3.21. The first-order valence-electron chi connectivity index (χ1n) is 8.73. The Morgan fingerprint density at radius 2 is 1.85 bits per heavy atom. The third kappa shape index (κ3) is 5.00. The average molecular weight is 409 g/mol. The first-order valence-corrected chi connectivity index (χ1v) is 10.6. The van der Waals surface area contributed by atoms with Gasteiger partial charge in [-0.25, -0.2) is 8.42 Å². The van der Waals surface area contributed by atoms with Gasteiger partial charge in [0.2, 0.25) is 10.0 Å². The number of rotatable bonds is 7. The lowest BCUT2D eigenvalue weighted by atomic mass is 10.2. The number of nitrogens with one attached hydrogen (secondary N) is 1. The van der Waals surface area contributed by atoms with E-state index in [0.29, 0.717) is 29.4 Å². The van der Waals surface area contributed by atoms with Crippen LogP contribution in [0.1, 0.15) is 23.2 Å². The fourth-order valence-electron chi connectivity index (χ4n) is 2.87. The standard InChI is InChI=1S/C19H21ClN2O4S/c20-16-6-4-7-17(14-16)26-12-9-21-19(23)15-5-3-8-18(13-15)27(24,25)22-10-1-2-11-22/h3-8,13-14H,1-2,9-12H2,(H,21,23). The molecule has 0 atom stereocenters. The molecule has 0 spiro atoms. The highest BCUT2D eigenvalue weighted by Crippen LogP contribution is 2.21. The topological polar surface area (TPSA) is 75.7 Å². The highest BCUT2D eigenvalue weighted by atomic mass is 35.5. The number of carbonyl (C=O) groups is 1. The van der Waals surface area contributed by atoms with Crippen molar-refractivity contribution in [3.63, 3.8) is 0 Å². The van der Waals surface area contributed by atoms with E-state index in [1.807, 2.05) is 0 Å². The van der Waals surface area contributed by atoms with Crippen molar-refractivity contribution in [1.82, 2.24) is 9.62 Å². The molecule has 0 bridgehead atoms. The molecule has 2 aromatic carbocycles. The normalized spacial score (nSPS) is 14.9. The molecule has 0 saturated carbocycles. The van der Waals surface area contributed by atoms with Crippen molar-refractivity contribution in [2.75, 3.05) is 26.2 Å². The number of halogens is 1. The second-order valence-corrected chi connectivity index (χ2v) is 8.58. The van der Waals surface area contributed by atoms with E-state index in [4.69, 9.17) is 16.3 Å². The summed E-state index contributed by atoms with van der Waals surface area (Å²) >= 11 is 5.88. The SMILES string of the molecule is O=C(NCCOc1cccc(Cl)c1)c1cccc(S(=O)(=O)N2CCCC2)c1. The lowest BCUT2D eigenvalue weighted by molar-refractivity contribution is 0.0947. The van der Waals surface area contributed by atoms with Crippen molar-refractivity contribution in [3.8, 4) is 5.75 Å². The minimum atomic E-state index is -3.54. The van der Waals surface area contributed by atoms with Crippen molar-refractivity contribution >= 4 is 27.5 Å². The van der Waals surface area contributed by atoms with Gasteiger partial charge in [0.1, 0.15) is 12.4 Å². The lowest BCUT2D eigenvalue weighted by Gasteiger charge is -2.16. The van der Waals surface area contributed by atoms with E-state index in [9.17, 15) is 13.2 Å². The summed E-state index contributed by atoms with van der Waals surface area (Å²) < 4.78 is 32.2. The molecule has 1 aliphatic heterocycles. The van der Waals surface area contributed by atoms with Crippen LogP contribution in [0.15, 0.2) is 53.4 Å². The first kappa shape index (κ1) is 19.7. The van der Waals surface area contributed by atoms with Crippen LogP contribution >= 0.6 is 11.6 Å². The third-order valence-electron chi connectivity index (χ3n) is 4.25. The Labute approximate surface area is 164 Å². The summed E-state index contributed by atoms with van der Waals surface area (Å²) in [5.41, 5.74) is 0.304. The Bertz CT molecular complexity index is 911. The van der Waals surface area contributed by atoms with Gasteiger partial charge in [-0.05, 0) is 49.2 Å². The number of ether oxygens (including phenoxy) is 1. The summed E-state index contributed by atoms with van der Waals surface area (Å²) in [7, 11) is -3.54. The third-order valence-corrected chi connectivity index (χ3v) is 6.38. The van der Waals surface area contributed by atoms with Crippen molar-refractivity contribution in [1.29, 1.82) is 0 Å². The van der Waals surface area contributed by atoms with Crippen LogP contribution in [0.4, 0.5) is 0 Å². The molecule has 0 unspecified atom stereocenters. The molecule has 27 heavy (non-hydrogen) atoms. The molecule has 0 radical (unpaired) electrons. The summed E-state index contributed by atoms with van der Waals surface area (Å²) in [6, 6.07) is 13.1. The molecule has 1 saturated heterocycles. The maximum Gasteiger partial charge on any atom is 0.251 e. The molecule has 3 rings (SSSR count). The number of hydrogen-bond donors (Lipinski definition) is 1. The molecule has 1 N–H and O–H groups in total. The number of benzene rings is 2. The molecule has 1 aliphatic rings. The summed E-state index contributed by atoms with van der Waals surface area (Å²) in [6.45, 7) is 1.62. The molecule has 1 heterocycles. The summed E-state index contributed by atoms with van der Waals surface area (Å²) in [5.74, 6) is 0.276. The minimum absolute atomic E-state index is 0.146. The Balaban J connectivity index is 1.57. The Morgan fingerprint density at radius 3 is 2.59 bits per heavy atom. The van der Waals surface area contributed by atoms with Gasteiger partial charge in [-0.2, -0.15) is 4.31 Å². The predicted molar refractivity (Wildman–Crippen MR) is 104 cm³/mol. The van der Waals surface area contributed by atoms with Gasteiger partial charge >= 0.3 is 0 Å². The molecule has 2 aromatic rings. The molecule has 1 fully saturated rings. The van der Waals surface area contributed by atoms with Crippen LogP contribution in [0.25, 0.3) is 0 Å². The van der Waals surface area contributed by atoms with Crippen LogP contribution in [-0.4, -0.2) is 44.9 Å². The van der Waals surface area contributed by atoms with Crippen molar-refractivity contribution in [3.05, 3.63) is 59.1 Å². The van der Waals surface area contributed by atoms with Crippen molar-refractivity contribution in [2.45, 2.75) is 17.7 Å². The zero-order valence-corrected chi connectivity index (χ0v) is 16.3. The first-order chi connectivity index (χ1) is 13.0. The molecule has 6 nitrogen and oxygen atoms in total. The maximum absolute atomic E-state index is 12.6. The van der Waals surface area contributed by atoms with E-state index in [1.54, 1.807) is 36.4 Å². The van der Waals surface area contributed by atoms with Gasteiger partial charge < -0.3 is 10.1 Å². The van der Waals surface area contributed by atoms with Gasteiger partial charge in [0, 0.05) is 23.7 Å². The highest BCUT2D eigenvalue weighted by molar-refractivity contribution is 7.89. The summed E-state index contributed by atoms with van der Waals surface area (Å²) in [4.78, 5) is 12.5. The zero-order chi connectivity index (χ0) is 19.3. The highest BCUT2D eigenvalue weighted by Gasteiger charge is 2.27. The van der Waals surface area contributed by atoms with E-state index < -0.39 is 10.0 Å². The van der Waals surface area contributed by atoms with E-state index in [2.05, 4.69) is 5.32 Å². The molecule has 1 amide bonds. The van der Waals surface area contributed by atoms with Gasteiger partial charge in [0.05, 0.1) is 11.4 Å². The fraction of sp³-hybridized carbons (Fsp3) is 0.316. The molecular weight excluding hydrogens is 388 g/mol. The molecule has 0 aliphatic carbocycles. The van der Waals surface area contributed by atoms with Crippen LogP contribution in [0.2, 0.25) is 5.02 Å². The lowest BCUT2D eigenvalue weighted by Crippen LogP contribution is -2.30. The van der Waals surface area contributed by atoms with Crippen LogP contribution in [0, 0.1) is 0 Å². The van der Waals surface area contributed by atoms with Crippen LogP contribution in [0.5, 0.6) is 5.75 Å². The van der Waals surface area contributed by atoms with E-state index in [1.165, 1.54) is 16.4 Å². The van der Waals surface area contributed by atoms with Gasteiger partial charge in [-0.1, -0.05) is 23.7 Å². The number of hydrogen-bond acceptors (Lipinski definition) is 4. The number of carbonyl (C=O) groups excluding carboxylic acids is 1. The Morgan fingerprint density at radius 1 is 1.11 bits per heavy atom. The quantitative estimate of drug-likeness (QED) is 0.714. The fourth-order valence-corrected chi connectivity index (χ4v) is 4.61. The Kier molecular flexibility index (Phi) is 6.36. The van der Waals surface area contributed by atoms with Crippen LogP contribution < -0.4 is 10.1 Å². The monoisotopic (exact) mass is 408 g/mol. The predicted octanol–water partition coefficient (Wildman–Crippen LogP) is 2.93. The van der Waals surface area contributed by atoms with E-state index >= 15 is 0 Å². The Hall–Kier alpha value is -2.09. The summed E-state index contributed by atoms with van der Waals surface area (Å²) in [5, 5.41) is 3.30. The molecule has 144 valence electrons. The number of sulfonamides is 1. The smallest absolute Gasteiger partial charge is 0.251 e. The van der Waals surface area contributed by atoms with Crippen molar-refractivity contribution in [2.24, 2.45) is 0 Å². The van der Waals surface area contributed by atoms with E-state index in [-0.39, 0.29) is 24.0 Å². The van der Waals surface area contributed by atoms with Gasteiger partial charge in [0.25, 0.3) is 5.91 Å². The van der Waals surface area contributed by atoms with Crippen LogP contribution in [0.3, 0.4) is 0 Å². The van der Waals surface area contributed by atoms with Crippen LogP contribution in [-0.2, 0) is 10.0 Å². The maximum atomic E-state index is 12.6. The van der Waals surface area contributed by atoms with Crippen molar-refractivity contribution < 1.29 is 17.9 Å². The number of nitrogens with zero attached hydrogens (tertiary/aromatic N) is 1. The summed E-state index contributed by atoms with van der Waals surface area (Å²) in [6.07, 6.45) is 1.73. The van der Waals surface area contributed by atoms with Gasteiger partial charge in [-0.3, -0.25) is 4.79 Å². The molecule has 8 heteroatoms. The van der Waals surface area contributed by atoms with Gasteiger partial charge in [-0.15, -0.1) is 0 Å². The molecule has 0 aromatic heterocycles. The zero-order valence-electron chi connectivity index (χ0n) is 14.7.